The Bertz CT molecular complexity index is 301. The summed E-state index contributed by atoms with van der Waals surface area (Å²) in [4.78, 5) is 10.2. The molecule has 1 aromatic heterocycles. The topological polar surface area (TPSA) is 44.0 Å². The van der Waals surface area contributed by atoms with Crippen LogP contribution in [0.25, 0.3) is 0 Å². The zero-order chi connectivity index (χ0) is 10.7. The van der Waals surface area contributed by atoms with Crippen LogP contribution < -0.4 is 5.32 Å². The van der Waals surface area contributed by atoms with Gasteiger partial charge in [0.1, 0.15) is 5.82 Å². The molecule has 1 unspecified atom stereocenters. The Hall–Kier alpha value is -0.870. The smallest absolute Gasteiger partial charge is 0.103 e. The van der Waals surface area contributed by atoms with Crippen molar-refractivity contribution in [1.29, 1.82) is 0 Å². The molecule has 0 amide bonds. The van der Waals surface area contributed by atoms with Gasteiger partial charge in [-0.2, -0.15) is 0 Å². The summed E-state index contributed by atoms with van der Waals surface area (Å²) in [6.45, 7) is 5.42. The van der Waals surface area contributed by atoms with Gasteiger partial charge in [-0.3, -0.25) is 4.90 Å². The van der Waals surface area contributed by atoms with Crippen molar-refractivity contribution >= 4 is 0 Å². The number of likely N-dealkylation sites (N-methyl/N-ethyl adjacent to an activating group) is 1. The fourth-order valence-electron chi connectivity index (χ4n) is 2.29. The van der Waals surface area contributed by atoms with Crippen molar-refractivity contribution in [2.75, 3.05) is 26.7 Å². The van der Waals surface area contributed by atoms with Crippen molar-refractivity contribution in [2.24, 2.45) is 0 Å². The number of aromatic nitrogens is 2. The maximum Gasteiger partial charge on any atom is 0.103 e. The molecule has 2 N–H and O–H groups in total. The van der Waals surface area contributed by atoms with Gasteiger partial charge in [0.2, 0.25) is 0 Å². The molecule has 1 aliphatic rings. The van der Waals surface area contributed by atoms with Crippen molar-refractivity contribution < 1.29 is 0 Å². The maximum atomic E-state index is 4.28. The highest BCUT2D eigenvalue weighted by Crippen LogP contribution is 2.23. The van der Waals surface area contributed by atoms with E-state index in [4.69, 9.17) is 0 Å². The molecule has 0 radical (unpaired) electrons. The second kappa shape index (κ2) is 4.77. The molecule has 0 aromatic carbocycles. The van der Waals surface area contributed by atoms with Crippen LogP contribution in [0.3, 0.4) is 0 Å². The normalized spacial score (nSPS) is 19.6. The average Bonchev–Trinajstić information content (AvgIpc) is 2.85. The van der Waals surface area contributed by atoms with Gasteiger partial charge in [-0.25, -0.2) is 4.98 Å². The minimum Gasteiger partial charge on any atom is -0.345 e. The fraction of sp³-hybridized carbons (Fsp3) is 0.727. The SMILES string of the molecule is CNCC(c1cnc(C)[nH]1)N1CCCC1. The van der Waals surface area contributed by atoms with E-state index in [1.54, 1.807) is 0 Å². The molecule has 4 nitrogen and oxygen atoms in total. The number of hydrogen-bond donors (Lipinski definition) is 2. The molecular weight excluding hydrogens is 188 g/mol. The van der Waals surface area contributed by atoms with Gasteiger partial charge in [-0.05, 0) is 39.9 Å². The first kappa shape index (κ1) is 10.6. The van der Waals surface area contributed by atoms with Gasteiger partial charge in [0.05, 0.1) is 11.7 Å². The highest BCUT2D eigenvalue weighted by atomic mass is 15.2. The second-order valence-corrected chi connectivity index (χ2v) is 4.24. The molecule has 0 spiro atoms. The summed E-state index contributed by atoms with van der Waals surface area (Å²) >= 11 is 0. The lowest BCUT2D eigenvalue weighted by Gasteiger charge is -2.26. The van der Waals surface area contributed by atoms with Crippen LogP contribution in [0.4, 0.5) is 0 Å². The third kappa shape index (κ3) is 2.38. The van der Waals surface area contributed by atoms with Gasteiger partial charge in [0, 0.05) is 12.7 Å². The summed E-state index contributed by atoms with van der Waals surface area (Å²) in [7, 11) is 2.01. The molecular formula is C11H20N4. The van der Waals surface area contributed by atoms with Crippen LogP contribution in [0.2, 0.25) is 0 Å². The van der Waals surface area contributed by atoms with E-state index in [1.807, 2.05) is 20.2 Å². The minimum atomic E-state index is 0.457. The van der Waals surface area contributed by atoms with Crippen LogP contribution in [0, 0.1) is 6.92 Å². The summed E-state index contributed by atoms with van der Waals surface area (Å²) < 4.78 is 0. The molecule has 0 bridgehead atoms. The third-order valence-corrected chi connectivity index (χ3v) is 3.06. The Kier molecular flexibility index (Phi) is 3.38. The predicted molar refractivity (Wildman–Crippen MR) is 60.8 cm³/mol. The predicted octanol–water partition coefficient (Wildman–Crippen LogP) is 1.07. The standard InChI is InChI=1S/C11H20N4/c1-9-13-7-10(14-9)11(8-12-2)15-5-3-4-6-15/h7,11-12H,3-6,8H2,1-2H3,(H,13,14). The first-order valence-corrected chi connectivity index (χ1v) is 5.71. The average molecular weight is 208 g/mol. The van der Waals surface area contributed by atoms with Crippen molar-refractivity contribution in [3.05, 3.63) is 17.7 Å². The van der Waals surface area contributed by atoms with Gasteiger partial charge in [0.25, 0.3) is 0 Å². The largest absolute Gasteiger partial charge is 0.345 e. The molecule has 1 aliphatic heterocycles. The lowest BCUT2D eigenvalue weighted by Crippen LogP contribution is -2.33. The number of hydrogen-bond acceptors (Lipinski definition) is 3. The molecule has 4 heteroatoms. The lowest BCUT2D eigenvalue weighted by molar-refractivity contribution is 0.238. The maximum absolute atomic E-state index is 4.28. The number of aromatic amines is 1. The molecule has 1 aromatic rings. The monoisotopic (exact) mass is 208 g/mol. The number of H-pyrrole nitrogens is 1. The number of rotatable bonds is 4. The molecule has 15 heavy (non-hydrogen) atoms. The first-order chi connectivity index (χ1) is 7.31. The Morgan fingerprint density at radius 1 is 1.53 bits per heavy atom. The summed E-state index contributed by atoms with van der Waals surface area (Å²) in [6, 6.07) is 0.457. The Balaban J connectivity index is 2.11. The minimum absolute atomic E-state index is 0.457. The van der Waals surface area contributed by atoms with E-state index in [0.717, 1.165) is 12.4 Å². The third-order valence-electron chi connectivity index (χ3n) is 3.06. The summed E-state index contributed by atoms with van der Waals surface area (Å²) in [5.41, 5.74) is 1.24. The molecule has 1 fully saturated rings. The number of imidazole rings is 1. The molecule has 1 atom stereocenters. The number of nitrogens with one attached hydrogen (secondary N) is 2. The van der Waals surface area contributed by atoms with E-state index in [0.29, 0.717) is 6.04 Å². The van der Waals surface area contributed by atoms with E-state index in [9.17, 15) is 0 Å². The van der Waals surface area contributed by atoms with Gasteiger partial charge >= 0.3 is 0 Å². The van der Waals surface area contributed by atoms with Crippen LogP contribution in [0.5, 0.6) is 0 Å². The highest BCUT2D eigenvalue weighted by Gasteiger charge is 2.23. The lowest BCUT2D eigenvalue weighted by atomic mass is 10.2. The summed E-state index contributed by atoms with van der Waals surface area (Å²) in [5, 5.41) is 3.26. The highest BCUT2D eigenvalue weighted by molar-refractivity contribution is 5.07. The van der Waals surface area contributed by atoms with Crippen LogP contribution >= 0.6 is 0 Å². The van der Waals surface area contributed by atoms with E-state index < -0.39 is 0 Å². The fourth-order valence-corrected chi connectivity index (χ4v) is 2.29. The van der Waals surface area contributed by atoms with E-state index in [-0.39, 0.29) is 0 Å². The zero-order valence-corrected chi connectivity index (χ0v) is 9.58. The van der Waals surface area contributed by atoms with E-state index >= 15 is 0 Å². The number of aryl methyl sites for hydroxylation is 1. The van der Waals surface area contributed by atoms with Crippen LogP contribution in [-0.2, 0) is 0 Å². The number of nitrogens with zero attached hydrogens (tertiary/aromatic N) is 2. The summed E-state index contributed by atoms with van der Waals surface area (Å²) in [6.07, 6.45) is 4.62. The first-order valence-electron chi connectivity index (χ1n) is 5.71. The van der Waals surface area contributed by atoms with Crippen molar-refractivity contribution in [3.8, 4) is 0 Å². The molecule has 0 aliphatic carbocycles. The molecule has 84 valence electrons. The Labute approximate surface area is 91.1 Å². The van der Waals surface area contributed by atoms with Crippen molar-refractivity contribution in [3.63, 3.8) is 0 Å². The van der Waals surface area contributed by atoms with Gasteiger partial charge < -0.3 is 10.3 Å². The molecule has 2 rings (SSSR count). The Morgan fingerprint density at radius 2 is 2.27 bits per heavy atom. The number of likely N-dealkylation sites (tertiary alicyclic amines) is 1. The zero-order valence-electron chi connectivity index (χ0n) is 9.58. The van der Waals surface area contributed by atoms with Crippen LogP contribution in [0.1, 0.15) is 30.4 Å². The van der Waals surface area contributed by atoms with Crippen molar-refractivity contribution in [1.82, 2.24) is 20.2 Å². The molecule has 2 heterocycles. The van der Waals surface area contributed by atoms with Crippen LogP contribution in [0.15, 0.2) is 6.20 Å². The van der Waals surface area contributed by atoms with Gasteiger partial charge in [-0.15, -0.1) is 0 Å². The quantitative estimate of drug-likeness (QED) is 0.778. The van der Waals surface area contributed by atoms with E-state index in [2.05, 4.69) is 20.2 Å². The van der Waals surface area contributed by atoms with Gasteiger partial charge in [-0.1, -0.05) is 0 Å². The molecule has 0 saturated carbocycles. The summed E-state index contributed by atoms with van der Waals surface area (Å²) in [5.74, 6) is 1.00. The van der Waals surface area contributed by atoms with Crippen molar-refractivity contribution in [2.45, 2.75) is 25.8 Å². The van der Waals surface area contributed by atoms with E-state index in [1.165, 1.54) is 31.6 Å². The van der Waals surface area contributed by atoms with Crippen LogP contribution in [-0.4, -0.2) is 41.5 Å². The second-order valence-electron chi connectivity index (χ2n) is 4.24. The Morgan fingerprint density at radius 3 is 2.80 bits per heavy atom. The molecule has 1 saturated heterocycles. The van der Waals surface area contributed by atoms with Gasteiger partial charge in [0.15, 0.2) is 0 Å².